The van der Waals surface area contributed by atoms with Crippen molar-refractivity contribution in [3.63, 3.8) is 0 Å². The molecule has 0 bridgehead atoms. The molecule has 0 amide bonds. The van der Waals surface area contributed by atoms with Crippen molar-refractivity contribution in [2.45, 2.75) is 54.4 Å². The van der Waals surface area contributed by atoms with Crippen molar-refractivity contribution in [1.29, 1.82) is 0 Å². The third-order valence-electron chi connectivity index (χ3n) is 4.81. The van der Waals surface area contributed by atoms with Crippen molar-refractivity contribution < 1.29 is 9.47 Å². The van der Waals surface area contributed by atoms with E-state index in [-0.39, 0.29) is 5.41 Å². The number of anilines is 1. The quantitative estimate of drug-likeness (QED) is 0.441. The van der Waals surface area contributed by atoms with Crippen molar-refractivity contribution in [1.82, 2.24) is 0 Å². The van der Waals surface area contributed by atoms with Gasteiger partial charge in [0.1, 0.15) is 11.5 Å². The lowest BCUT2D eigenvalue weighted by molar-refractivity contribution is 0.263. The summed E-state index contributed by atoms with van der Waals surface area (Å²) in [5.74, 6) is 2.48. The lowest BCUT2D eigenvalue weighted by atomic mass is 9.88. The summed E-state index contributed by atoms with van der Waals surface area (Å²) in [6, 6.07) is 14.6. The largest absolute Gasteiger partial charge is 0.493 e. The average Bonchev–Trinajstić information content (AvgIpc) is 2.65. The second-order valence-corrected chi connectivity index (χ2v) is 8.97. The Morgan fingerprint density at radius 3 is 2.36 bits per heavy atom. The molecule has 0 saturated carbocycles. The van der Waals surface area contributed by atoms with E-state index >= 15 is 0 Å². The van der Waals surface area contributed by atoms with Crippen molar-refractivity contribution in [3.05, 3.63) is 53.6 Å². The van der Waals surface area contributed by atoms with E-state index < -0.39 is 0 Å². The van der Waals surface area contributed by atoms with Gasteiger partial charge in [-0.15, -0.1) is 0 Å². The number of ether oxygens (including phenoxy) is 2. The summed E-state index contributed by atoms with van der Waals surface area (Å²) in [7, 11) is 0. The van der Waals surface area contributed by atoms with Crippen LogP contribution in [0.25, 0.3) is 0 Å². The molecular weight excluding hydrogens is 346 g/mol. The number of benzene rings is 2. The zero-order chi connectivity index (χ0) is 20.6. The Bertz CT molecular complexity index is 720. The van der Waals surface area contributed by atoms with Crippen LogP contribution >= 0.6 is 0 Å². The molecule has 0 atom stereocenters. The van der Waals surface area contributed by atoms with Crippen molar-refractivity contribution >= 4 is 5.69 Å². The molecule has 28 heavy (non-hydrogen) atoms. The molecule has 2 rings (SSSR count). The Balaban J connectivity index is 1.72. The number of hydrogen-bond donors (Lipinski definition) is 1. The summed E-state index contributed by atoms with van der Waals surface area (Å²) in [5.41, 5.74) is 3.78. The van der Waals surface area contributed by atoms with Crippen molar-refractivity contribution in [2.24, 2.45) is 11.3 Å². The highest BCUT2D eigenvalue weighted by Gasteiger charge is 2.17. The van der Waals surface area contributed by atoms with Gasteiger partial charge in [0.2, 0.25) is 0 Å². The summed E-state index contributed by atoms with van der Waals surface area (Å²) in [6.07, 6.45) is 2.16. The van der Waals surface area contributed by atoms with Gasteiger partial charge < -0.3 is 14.8 Å². The molecule has 0 aliphatic heterocycles. The number of aryl methyl sites for hydroxylation is 2. The molecule has 1 N–H and O–H groups in total. The van der Waals surface area contributed by atoms with Gasteiger partial charge in [-0.2, -0.15) is 0 Å². The molecule has 0 saturated heterocycles. The molecule has 0 aromatic heterocycles. The monoisotopic (exact) mass is 383 g/mol. The first kappa shape index (κ1) is 22.1. The van der Waals surface area contributed by atoms with Crippen LogP contribution in [-0.2, 0) is 0 Å². The first-order chi connectivity index (χ1) is 13.2. The van der Waals surface area contributed by atoms with Crippen LogP contribution in [0.1, 0.15) is 51.7 Å². The van der Waals surface area contributed by atoms with Crippen molar-refractivity contribution in [2.75, 3.05) is 25.1 Å². The molecule has 0 unspecified atom stereocenters. The molecule has 3 heteroatoms. The van der Waals surface area contributed by atoms with Gasteiger partial charge in [-0.25, -0.2) is 0 Å². The SMILES string of the molecule is Cc1ccc(C)c(OCCCC(C)(C)CNc2ccc(OCC(C)C)cc2)c1. The first-order valence-electron chi connectivity index (χ1n) is 10.4. The summed E-state index contributed by atoms with van der Waals surface area (Å²) < 4.78 is 11.7. The lowest BCUT2D eigenvalue weighted by Gasteiger charge is -2.26. The highest BCUT2D eigenvalue weighted by molar-refractivity contribution is 5.46. The fraction of sp³-hybridized carbons (Fsp3) is 0.520. The highest BCUT2D eigenvalue weighted by atomic mass is 16.5. The van der Waals surface area contributed by atoms with Crippen LogP contribution in [0, 0.1) is 25.2 Å². The minimum absolute atomic E-state index is 0.206. The molecular formula is C25H37NO2. The fourth-order valence-electron chi connectivity index (χ4n) is 2.96. The van der Waals surface area contributed by atoms with Gasteiger partial charge in [-0.3, -0.25) is 0 Å². The van der Waals surface area contributed by atoms with Crippen LogP contribution in [-0.4, -0.2) is 19.8 Å². The maximum atomic E-state index is 5.99. The standard InChI is InChI=1S/C25H37NO2/c1-19(2)17-28-23-12-10-22(11-13-23)26-18-25(5,6)14-7-15-27-24-16-20(3)8-9-21(24)4/h8-13,16,19,26H,7,14-15,17-18H2,1-6H3. The van der Waals surface area contributed by atoms with Crippen LogP contribution in [0.15, 0.2) is 42.5 Å². The predicted octanol–water partition coefficient (Wildman–Crippen LogP) is 6.64. The van der Waals surface area contributed by atoms with E-state index in [1.807, 2.05) is 12.1 Å². The predicted molar refractivity (Wildman–Crippen MR) is 120 cm³/mol. The maximum absolute atomic E-state index is 5.99. The molecule has 154 valence electrons. The second kappa shape index (κ2) is 10.4. The molecule has 3 nitrogen and oxygen atoms in total. The number of hydrogen-bond acceptors (Lipinski definition) is 3. The van der Waals surface area contributed by atoms with E-state index in [9.17, 15) is 0 Å². The lowest BCUT2D eigenvalue weighted by Crippen LogP contribution is -2.23. The van der Waals surface area contributed by atoms with Crippen LogP contribution < -0.4 is 14.8 Å². The van der Waals surface area contributed by atoms with E-state index in [0.717, 1.165) is 49.8 Å². The van der Waals surface area contributed by atoms with Crippen LogP contribution in [0.2, 0.25) is 0 Å². The molecule has 0 radical (unpaired) electrons. The van der Waals surface area contributed by atoms with Gasteiger partial charge in [0.25, 0.3) is 0 Å². The van der Waals surface area contributed by atoms with E-state index in [2.05, 4.69) is 77.2 Å². The highest BCUT2D eigenvalue weighted by Crippen LogP contribution is 2.25. The van der Waals surface area contributed by atoms with Gasteiger partial charge in [0.15, 0.2) is 0 Å². The van der Waals surface area contributed by atoms with Crippen LogP contribution in [0.5, 0.6) is 11.5 Å². The molecule has 0 fully saturated rings. The van der Waals surface area contributed by atoms with Crippen molar-refractivity contribution in [3.8, 4) is 11.5 Å². The average molecular weight is 384 g/mol. The Morgan fingerprint density at radius 2 is 1.68 bits per heavy atom. The van der Waals surface area contributed by atoms with Gasteiger partial charge in [0, 0.05) is 12.2 Å². The zero-order valence-corrected chi connectivity index (χ0v) is 18.5. The fourth-order valence-corrected chi connectivity index (χ4v) is 2.96. The van der Waals surface area contributed by atoms with Gasteiger partial charge in [-0.05, 0) is 79.5 Å². The topological polar surface area (TPSA) is 30.5 Å². The van der Waals surface area contributed by atoms with Gasteiger partial charge >= 0.3 is 0 Å². The Kier molecular flexibility index (Phi) is 8.22. The normalized spacial score (nSPS) is 11.5. The van der Waals surface area contributed by atoms with Gasteiger partial charge in [-0.1, -0.05) is 39.8 Å². The molecule has 0 spiro atoms. The Morgan fingerprint density at radius 1 is 0.964 bits per heavy atom. The zero-order valence-electron chi connectivity index (χ0n) is 18.5. The summed E-state index contributed by atoms with van der Waals surface area (Å²) in [6.45, 7) is 15.6. The van der Waals surface area contributed by atoms with Crippen LogP contribution in [0.4, 0.5) is 5.69 Å². The minimum Gasteiger partial charge on any atom is -0.493 e. The molecule has 2 aromatic carbocycles. The van der Waals surface area contributed by atoms with Crippen LogP contribution in [0.3, 0.4) is 0 Å². The molecule has 0 aliphatic rings. The molecule has 2 aromatic rings. The summed E-state index contributed by atoms with van der Waals surface area (Å²) in [4.78, 5) is 0. The maximum Gasteiger partial charge on any atom is 0.122 e. The second-order valence-electron chi connectivity index (χ2n) is 8.97. The first-order valence-corrected chi connectivity index (χ1v) is 10.4. The summed E-state index contributed by atoms with van der Waals surface area (Å²) in [5, 5.41) is 3.56. The van der Waals surface area contributed by atoms with E-state index in [1.165, 1.54) is 11.1 Å². The third kappa shape index (κ3) is 7.84. The third-order valence-corrected chi connectivity index (χ3v) is 4.81. The minimum atomic E-state index is 0.206. The smallest absolute Gasteiger partial charge is 0.122 e. The van der Waals surface area contributed by atoms with Gasteiger partial charge in [0.05, 0.1) is 13.2 Å². The van der Waals surface area contributed by atoms with E-state index in [0.29, 0.717) is 5.92 Å². The molecule has 0 heterocycles. The Labute approximate surface area is 171 Å². The van der Waals surface area contributed by atoms with E-state index in [1.54, 1.807) is 0 Å². The Hall–Kier alpha value is -2.16. The number of nitrogens with one attached hydrogen (secondary N) is 1. The summed E-state index contributed by atoms with van der Waals surface area (Å²) >= 11 is 0. The van der Waals surface area contributed by atoms with E-state index in [4.69, 9.17) is 9.47 Å². The molecule has 0 aliphatic carbocycles. The number of rotatable bonds is 11.